The molecule has 0 bridgehead atoms. The van der Waals surface area contributed by atoms with Gasteiger partial charge in [0.1, 0.15) is 5.69 Å². The summed E-state index contributed by atoms with van der Waals surface area (Å²) >= 11 is 1.53. The fourth-order valence-electron chi connectivity index (χ4n) is 2.65. The molecule has 0 unspecified atom stereocenters. The summed E-state index contributed by atoms with van der Waals surface area (Å²) in [7, 11) is 0. The number of halogens is 3. The molecule has 0 aliphatic heterocycles. The second-order valence-electron chi connectivity index (χ2n) is 6.11. The number of hydrogen-bond donors (Lipinski definition) is 1. The van der Waals surface area contributed by atoms with Crippen molar-refractivity contribution in [2.45, 2.75) is 32.6 Å². The fraction of sp³-hybridized carbons (Fsp3) is 0.278. The van der Waals surface area contributed by atoms with Gasteiger partial charge in [-0.3, -0.25) is 4.79 Å². The highest BCUT2D eigenvalue weighted by Gasteiger charge is 2.30. The summed E-state index contributed by atoms with van der Waals surface area (Å²) < 4.78 is 40.9. The van der Waals surface area contributed by atoms with E-state index in [9.17, 15) is 18.0 Å². The maximum Gasteiger partial charge on any atom is 0.416 e. The fourth-order valence-corrected chi connectivity index (χ4v) is 3.48. The van der Waals surface area contributed by atoms with Crippen LogP contribution in [-0.2, 0) is 12.7 Å². The lowest BCUT2D eigenvalue weighted by Gasteiger charge is -2.13. The molecule has 0 fully saturated rings. The van der Waals surface area contributed by atoms with Crippen molar-refractivity contribution in [1.29, 1.82) is 0 Å². The molecule has 25 heavy (non-hydrogen) atoms. The van der Waals surface area contributed by atoms with E-state index in [4.69, 9.17) is 0 Å². The number of nitrogens with one attached hydrogen (secondary N) is 1. The van der Waals surface area contributed by atoms with Gasteiger partial charge in [0.05, 0.1) is 15.8 Å². The van der Waals surface area contributed by atoms with E-state index in [2.05, 4.69) is 5.32 Å². The standard InChI is InChI=1S/C18H17F3N2OS/c1-11(2)22-17(24)15-9-16-14(7-8-25-16)23(15)10-12-3-5-13(6-4-12)18(19,20)21/h3-9,11H,10H2,1-2H3,(H,22,24). The second-order valence-corrected chi connectivity index (χ2v) is 7.06. The number of carbonyl (C=O) groups excluding carboxylic acids is 1. The molecular formula is C18H17F3N2OS. The lowest BCUT2D eigenvalue weighted by atomic mass is 10.1. The van der Waals surface area contributed by atoms with Gasteiger partial charge >= 0.3 is 6.18 Å². The lowest BCUT2D eigenvalue weighted by molar-refractivity contribution is -0.137. The van der Waals surface area contributed by atoms with Crippen molar-refractivity contribution < 1.29 is 18.0 Å². The number of carbonyl (C=O) groups is 1. The first kappa shape index (κ1) is 17.5. The van der Waals surface area contributed by atoms with Crippen LogP contribution >= 0.6 is 11.3 Å². The number of alkyl halides is 3. The van der Waals surface area contributed by atoms with E-state index in [0.29, 0.717) is 17.8 Å². The largest absolute Gasteiger partial charge is 0.416 e. The van der Waals surface area contributed by atoms with Crippen LogP contribution < -0.4 is 5.32 Å². The topological polar surface area (TPSA) is 34.0 Å². The van der Waals surface area contributed by atoms with Crippen LogP contribution in [0.1, 0.15) is 35.5 Å². The van der Waals surface area contributed by atoms with Gasteiger partial charge in [-0.1, -0.05) is 12.1 Å². The molecule has 1 N–H and O–H groups in total. The first-order valence-electron chi connectivity index (χ1n) is 7.79. The third-order valence-electron chi connectivity index (χ3n) is 3.80. The number of aromatic nitrogens is 1. The summed E-state index contributed by atoms with van der Waals surface area (Å²) in [5.74, 6) is -0.190. The van der Waals surface area contributed by atoms with Crippen molar-refractivity contribution in [3.05, 3.63) is 58.6 Å². The van der Waals surface area contributed by atoms with Gasteiger partial charge in [-0.2, -0.15) is 13.2 Å². The number of hydrogen-bond acceptors (Lipinski definition) is 2. The molecule has 0 aliphatic rings. The van der Waals surface area contributed by atoms with Crippen LogP contribution in [0.4, 0.5) is 13.2 Å². The average molecular weight is 366 g/mol. The van der Waals surface area contributed by atoms with Crippen molar-refractivity contribution in [3.63, 3.8) is 0 Å². The zero-order chi connectivity index (χ0) is 18.2. The van der Waals surface area contributed by atoms with Crippen LogP contribution in [0, 0.1) is 0 Å². The van der Waals surface area contributed by atoms with Gasteiger partial charge in [-0.15, -0.1) is 11.3 Å². The van der Waals surface area contributed by atoms with Crippen molar-refractivity contribution in [3.8, 4) is 0 Å². The molecule has 0 aliphatic carbocycles. The minimum absolute atomic E-state index is 0.0000419. The molecule has 1 amide bonds. The van der Waals surface area contributed by atoms with Gasteiger partial charge in [0.15, 0.2) is 0 Å². The number of fused-ring (bicyclic) bond motifs is 1. The maximum absolute atomic E-state index is 12.7. The Morgan fingerprint density at radius 2 is 1.88 bits per heavy atom. The molecule has 0 saturated carbocycles. The van der Waals surface area contributed by atoms with E-state index in [-0.39, 0.29) is 11.9 Å². The number of rotatable bonds is 4. The first-order chi connectivity index (χ1) is 11.8. The van der Waals surface area contributed by atoms with E-state index in [1.165, 1.54) is 23.5 Å². The highest BCUT2D eigenvalue weighted by molar-refractivity contribution is 7.17. The third-order valence-corrected chi connectivity index (χ3v) is 4.65. The molecule has 1 aromatic carbocycles. The van der Waals surface area contributed by atoms with Crippen molar-refractivity contribution in [2.24, 2.45) is 0 Å². The molecular weight excluding hydrogens is 349 g/mol. The summed E-state index contributed by atoms with van der Waals surface area (Å²) in [5, 5.41) is 4.79. The summed E-state index contributed by atoms with van der Waals surface area (Å²) in [6.07, 6.45) is -4.35. The van der Waals surface area contributed by atoms with Crippen molar-refractivity contribution in [1.82, 2.24) is 9.88 Å². The van der Waals surface area contributed by atoms with E-state index < -0.39 is 11.7 Å². The SMILES string of the molecule is CC(C)NC(=O)c1cc2sccc2n1Cc1ccc(C(F)(F)F)cc1. The Morgan fingerprint density at radius 3 is 2.48 bits per heavy atom. The Labute approximate surface area is 147 Å². The zero-order valence-electron chi connectivity index (χ0n) is 13.7. The Bertz CT molecular complexity index is 891. The molecule has 3 aromatic rings. The monoisotopic (exact) mass is 366 g/mol. The molecule has 2 aromatic heterocycles. The Hall–Kier alpha value is -2.28. The first-order valence-corrected chi connectivity index (χ1v) is 8.67. The highest BCUT2D eigenvalue weighted by Crippen LogP contribution is 2.30. The van der Waals surface area contributed by atoms with Gasteiger partial charge in [0.25, 0.3) is 5.91 Å². The Balaban J connectivity index is 1.94. The Morgan fingerprint density at radius 1 is 1.20 bits per heavy atom. The van der Waals surface area contributed by atoms with Gasteiger partial charge in [-0.25, -0.2) is 0 Å². The van der Waals surface area contributed by atoms with Crippen molar-refractivity contribution >= 4 is 27.5 Å². The maximum atomic E-state index is 12.7. The van der Waals surface area contributed by atoms with E-state index in [1.807, 2.05) is 35.9 Å². The number of thiophene rings is 1. The van der Waals surface area contributed by atoms with Gasteiger partial charge in [-0.05, 0) is 49.1 Å². The molecule has 0 radical (unpaired) electrons. The van der Waals surface area contributed by atoms with Gasteiger partial charge in [0.2, 0.25) is 0 Å². The molecule has 0 saturated heterocycles. The smallest absolute Gasteiger partial charge is 0.349 e. The van der Waals surface area contributed by atoms with Crippen LogP contribution in [0.15, 0.2) is 41.8 Å². The molecule has 0 atom stereocenters. The number of benzene rings is 1. The van der Waals surface area contributed by atoms with E-state index in [1.54, 1.807) is 0 Å². The minimum Gasteiger partial charge on any atom is -0.349 e. The highest BCUT2D eigenvalue weighted by atomic mass is 32.1. The lowest BCUT2D eigenvalue weighted by Crippen LogP contribution is -2.31. The zero-order valence-corrected chi connectivity index (χ0v) is 14.5. The summed E-state index contributed by atoms with van der Waals surface area (Å²) in [5.41, 5.74) is 1.44. The van der Waals surface area contributed by atoms with Crippen LogP contribution in [0.5, 0.6) is 0 Å². The molecule has 132 valence electrons. The Kier molecular flexibility index (Phi) is 4.60. The molecule has 3 rings (SSSR count). The van der Waals surface area contributed by atoms with Crippen molar-refractivity contribution in [2.75, 3.05) is 0 Å². The summed E-state index contributed by atoms with van der Waals surface area (Å²) in [6, 6.07) is 8.77. The molecule has 3 nitrogen and oxygen atoms in total. The minimum atomic E-state index is -4.35. The van der Waals surface area contributed by atoms with Crippen LogP contribution in [0.3, 0.4) is 0 Å². The van der Waals surface area contributed by atoms with Crippen LogP contribution in [0.25, 0.3) is 10.2 Å². The molecule has 0 spiro atoms. The summed E-state index contributed by atoms with van der Waals surface area (Å²) in [4.78, 5) is 12.4. The predicted molar refractivity (Wildman–Crippen MR) is 93.0 cm³/mol. The quantitative estimate of drug-likeness (QED) is 0.700. The normalized spacial score (nSPS) is 12.1. The second kappa shape index (κ2) is 6.55. The van der Waals surface area contributed by atoms with E-state index >= 15 is 0 Å². The van der Waals surface area contributed by atoms with Gasteiger partial charge in [0, 0.05) is 12.6 Å². The van der Waals surface area contributed by atoms with Gasteiger partial charge < -0.3 is 9.88 Å². The van der Waals surface area contributed by atoms with Crippen LogP contribution in [-0.4, -0.2) is 16.5 Å². The number of nitrogens with zero attached hydrogens (tertiary/aromatic N) is 1. The average Bonchev–Trinajstić information content (AvgIpc) is 3.09. The molecule has 7 heteroatoms. The molecule has 2 heterocycles. The van der Waals surface area contributed by atoms with E-state index in [0.717, 1.165) is 22.3 Å². The predicted octanol–water partition coefficient (Wildman–Crippen LogP) is 4.91. The van der Waals surface area contributed by atoms with Crippen LogP contribution in [0.2, 0.25) is 0 Å². The summed E-state index contributed by atoms with van der Waals surface area (Å²) in [6.45, 7) is 4.09. The number of amides is 1. The third kappa shape index (κ3) is 3.71.